The molecule has 164 valence electrons. The van der Waals surface area contributed by atoms with Gasteiger partial charge in [-0.05, 0) is 49.3 Å². The molecule has 1 amide bonds. The number of carbonyl (C=O) groups excluding carboxylic acids is 1. The number of fused-ring (bicyclic) bond motifs is 7. The molecule has 0 radical (unpaired) electrons. The number of hydrogen-bond acceptors (Lipinski definition) is 5. The zero-order chi connectivity index (χ0) is 22.5. The summed E-state index contributed by atoms with van der Waals surface area (Å²) in [5, 5.41) is 3.26. The predicted octanol–water partition coefficient (Wildman–Crippen LogP) is 4.94. The number of anilines is 1. The number of amides is 1. The molecule has 2 aromatic carbocycles. The van der Waals surface area contributed by atoms with Gasteiger partial charge in [-0.2, -0.15) is 0 Å². The molecule has 2 bridgehead atoms. The Balaban J connectivity index is 1.54. The Kier molecular flexibility index (Phi) is 3.66. The van der Waals surface area contributed by atoms with Crippen molar-refractivity contribution < 1.29 is 14.3 Å². The SMILES string of the molecule is Cc1cccc(NC(=O)C23CCC(C)(c4nc5cc6c(cc5nc42)OCO6)C3(C)C)c1C. The lowest BCUT2D eigenvalue weighted by atomic mass is 9.63. The molecule has 2 atom stereocenters. The number of hydrogen-bond donors (Lipinski definition) is 1. The summed E-state index contributed by atoms with van der Waals surface area (Å²) in [4.78, 5) is 24.2. The van der Waals surface area contributed by atoms with Gasteiger partial charge in [-0.25, -0.2) is 9.97 Å². The third-order valence-electron chi connectivity index (χ3n) is 8.77. The van der Waals surface area contributed by atoms with Crippen molar-refractivity contribution in [1.29, 1.82) is 0 Å². The lowest BCUT2D eigenvalue weighted by molar-refractivity contribution is -0.125. The number of nitrogens with zero attached hydrogens (tertiary/aromatic N) is 2. The van der Waals surface area contributed by atoms with Crippen LogP contribution in [0.25, 0.3) is 11.0 Å². The van der Waals surface area contributed by atoms with Crippen LogP contribution >= 0.6 is 0 Å². The molecular formula is C26H27N3O3. The average molecular weight is 430 g/mol. The first-order chi connectivity index (χ1) is 15.2. The fraction of sp³-hybridized carbons (Fsp3) is 0.423. The van der Waals surface area contributed by atoms with E-state index >= 15 is 0 Å². The molecule has 2 heterocycles. The number of ether oxygens (including phenoxy) is 2. The standard InChI is InChI=1S/C26H27N3O3/c1-14-7-6-8-16(15(14)2)29-23(30)26-10-9-25(5,24(26,3)4)21-22(26)28-18-12-20-19(31-13-32-20)11-17(18)27-21/h6-8,11-12H,9-10,13H2,1-5H3,(H,29,30). The van der Waals surface area contributed by atoms with Crippen LogP contribution in [0, 0.1) is 19.3 Å². The Hall–Kier alpha value is -3.15. The first kappa shape index (κ1) is 19.5. The molecular weight excluding hydrogens is 402 g/mol. The number of carbonyl (C=O) groups is 1. The maximum Gasteiger partial charge on any atom is 0.237 e. The van der Waals surface area contributed by atoms with E-state index in [1.165, 1.54) is 0 Å². The molecule has 3 aromatic rings. The van der Waals surface area contributed by atoms with E-state index in [0.717, 1.165) is 52.1 Å². The van der Waals surface area contributed by atoms with Crippen LogP contribution in [0.15, 0.2) is 30.3 Å². The predicted molar refractivity (Wildman–Crippen MR) is 122 cm³/mol. The van der Waals surface area contributed by atoms with Crippen LogP contribution in [0.1, 0.15) is 56.1 Å². The number of aromatic nitrogens is 2. The highest BCUT2D eigenvalue weighted by atomic mass is 16.7. The first-order valence-electron chi connectivity index (χ1n) is 11.2. The highest BCUT2D eigenvalue weighted by Gasteiger charge is 2.73. The molecule has 1 N–H and O–H groups in total. The smallest absolute Gasteiger partial charge is 0.237 e. The van der Waals surface area contributed by atoms with E-state index < -0.39 is 5.41 Å². The Morgan fingerprint density at radius 2 is 1.62 bits per heavy atom. The summed E-state index contributed by atoms with van der Waals surface area (Å²) < 4.78 is 11.1. The number of aryl methyl sites for hydroxylation is 1. The van der Waals surface area contributed by atoms with E-state index in [2.05, 4.69) is 39.1 Å². The quantitative estimate of drug-likeness (QED) is 0.624. The highest BCUT2D eigenvalue weighted by Crippen LogP contribution is 2.70. The van der Waals surface area contributed by atoms with Crippen molar-refractivity contribution in [3.05, 3.63) is 52.8 Å². The fourth-order valence-corrected chi connectivity index (χ4v) is 6.11. The molecule has 1 aliphatic heterocycles. The van der Waals surface area contributed by atoms with Crippen molar-refractivity contribution >= 4 is 22.6 Å². The van der Waals surface area contributed by atoms with E-state index in [0.29, 0.717) is 11.5 Å². The van der Waals surface area contributed by atoms with Crippen molar-refractivity contribution in [3.8, 4) is 11.5 Å². The second kappa shape index (κ2) is 6.00. The maximum atomic E-state index is 14.1. The van der Waals surface area contributed by atoms with Crippen molar-refractivity contribution in [2.75, 3.05) is 12.1 Å². The molecule has 2 unspecified atom stereocenters. The molecule has 32 heavy (non-hydrogen) atoms. The van der Waals surface area contributed by atoms with Crippen LogP contribution in [0.3, 0.4) is 0 Å². The van der Waals surface area contributed by atoms with Gasteiger partial charge >= 0.3 is 0 Å². The summed E-state index contributed by atoms with van der Waals surface area (Å²) in [6, 6.07) is 9.80. The van der Waals surface area contributed by atoms with E-state index in [4.69, 9.17) is 19.4 Å². The van der Waals surface area contributed by atoms with Crippen LogP contribution in [0.5, 0.6) is 11.5 Å². The van der Waals surface area contributed by atoms with Crippen molar-refractivity contribution in [1.82, 2.24) is 9.97 Å². The average Bonchev–Trinajstić information content (AvgIpc) is 3.33. The first-order valence-corrected chi connectivity index (χ1v) is 11.2. The second-order valence-corrected chi connectivity index (χ2v) is 10.2. The Bertz CT molecular complexity index is 1330. The van der Waals surface area contributed by atoms with Gasteiger partial charge in [-0.1, -0.05) is 32.9 Å². The molecule has 6 rings (SSSR count). The zero-order valence-electron chi connectivity index (χ0n) is 19.1. The summed E-state index contributed by atoms with van der Waals surface area (Å²) in [7, 11) is 0. The van der Waals surface area contributed by atoms with Crippen LogP contribution < -0.4 is 14.8 Å². The van der Waals surface area contributed by atoms with Crippen molar-refractivity contribution in [2.45, 2.75) is 58.3 Å². The molecule has 2 aliphatic carbocycles. The molecule has 0 saturated heterocycles. The normalized spacial score (nSPS) is 26.4. The van der Waals surface area contributed by atoms with Gasteiger partial charge in [0, 0.05) is 23.2 Å². The van der Waals surface area contributed by atoms with E-state index in [-0.39, 0.29) is 23.5 Å². The van der Waals surface area contributed by atoms with Gasteiger partial charge < -0.3 is 14.8 Å². The summed E-state index contributed by atoms with van der Waals surface area (Å²) in [6.07, 6.45) is 1.66. The van der Waals surface area contributed by atoms with E-state index in [1.807, 2.05) is 31.2 Å². The molecule has 1 aromatic heterocycles. The molecule has 6 nitrogen and oxygen atoms in total. The van der Waals surface area contributed by atoms with Crippen LogP contribution in [0.4, 0.5) is 5.69 Å². The third-order valence-corrected chi connectivity index (χ3v) is 8.77. The molecule has 1 saturated carbocycles. The van der Waals surface area contributed by atoms with Gasteiger partial charge in [0.25, 0.3) is 0 Å². The largest absolute Gasteiger partial charge is 0.454 e. The van der Waals surface area contributed by atoms with Crippen LogP contribution in [-0.2, 0) is 15.6 Å². The lowest BCUT2D eigenvalue weighted by Crippen LogP contribution is -2.48. The summed E-state index contributed by atoms with van der Waals surface area (Å²) in [6.45, 7) is 10.9. The molecule has 6 heteroatoms. The second-order valence-electron chi connectivity index (χ2n) is 10.2. The molecule has 0 spiro atoms. The Morgan fingerprint density at radius 1 is 0.969 bits per heavy atom. The van der Waals surface area contributed by atoms with Gasteiger partial charge in [0.15, 0.2) is 11.5 Å². The van der Waals surface area contributed by atoms with Crippen LogP contribution in [0.2, 0.25) is 0 Å². The van der Waals surface area contributed by atoms with Gasteiger partial charge in [-0.15, -0.1) is 0 Å². The minimum absolute atomic E-state index is 0.00747. The van der Waals surface area contributed by atoms with Crippen molar-refractivity contribution in [2.24, 2.45) is 5.41 Å². The summed E-state index contributed by atoms with van der Waals surface area (Å²) in [5.41, 5.74) is 5.05. The Labute approximate surface area is 187 Å². The molecule has 1 fully saturated rings. The number of rotatable bonds is 2. The monoisotopic (exact) mass is 429 g/mol. The van der Waals surface area contributed by atoms with Gasteiger partial charge in [0.2, 0.25) is 12.7 Å². The van der Waals surface area contributed by atoms with Gasteiger partial charge in [0.1, 0.15) is 0 Å². The fourth-order valence-electron chi connectivity index (χ4n) is 6.11. The van der Waals surface area contributed by atoms with E-state index in [9.17, 15) is 4.79 Å². The topological polar surface area (TPSA) is 73.3 Å². The van der Waals surface area contributed by atoms with Crippen LogP contribution in [-0.4, -0.2) is 22.7 Å². The summed E-state index contributed by atoms with van der Waals surface area (Å²) in [5.74, 6) is 1.38. The minimum atomic E-state index is -0.745. The number of nitrogens with one attached hydrogen (secondary N) is 1. The lowest BCUT2D eigenvalue weighted by Gasteiger charge is -2.39. The highest BCUT2D eigenvalue weighted by molar-refractivity contribution is 6.02. The summed E-state index contributed by atoms with van der Waals surface area (Å²) >= 11 is 0. The maximum absolute atomic E-state index is 14.1. The number of benzene rings is 2. The third kappa shape index (κ3) is 2.13. The Morgan fingerprint density at radius 3 is 2.31 bits per heavy atom. The molecule has 3 aliphatic rings. The van der Waals surface area contributed by atoms with Crippen molar-refractivity contribution in [3.63, 3.8) is 0 Å². The zero-order valence-corrected chi connectivity index (χ0v) is 19.1. The van der Waals surface area contributed by atoms with E-state index in [1.54, 1.807) is 0 Å². The van der Waals surface area contributed by atoms with Gasteiger partial charge in [-0.3, -0.25) is 4.79 Å². The van der Waals surface area contributed by atoms with Gasteiger partial charge in [0.05, 0.1) is 27.8 Å². The minimum Gasteiger partial charge on any atom is -0.454 e.